The van der Waals surface area contributed by atoms with E-state index in [1.54, 1.807) is 25.1 Å². The predicted molar refractivity (Wildman–Crippen MR) is 225 cm³/mol. The van der Waals surface area contributed by atoms with E-state index in [-0.39, 0.29) is 54.8 Å². The molecule has 2 aliphatic heterocycles. The quantitative estimate of drug-likeness (QED) is 0.0711. The highest BCUT2D eigenvalue weighted by Crippen LogP contribution is 2.62. The lowest BCUT2D eigenvalue weighted by molar-refractivity contribution is -0.250. The lowest BCUT2D eigenvalue weighted by Gasteiger charge is -2.59. The van der Waals surface area contributed by atoms with E-state index in [4.69, 9.17) is 28.9 Å². The van der Waals surface area contributed by atoms with E-state index >= 15 is 0 Å². The van der Waals surface area contributed by atoms with Crippen molar-refractivity contribution in [3.05, 3.63) is 72.3 Å². The molecule has 15 nitrogen and oxygen atoms in total. The van der Waals surface area contributed by atoms with E-state index in [1.807, 2.05) is 6.07 Å². The van der Waals surface area contributed by atoms with Gasteiger partial charge in [-0.05, 0) is 105 Å². The number of aliphatic hydroxyl groups is 2. The van der Waals surface area contributed by atoms with E-state index in [2.05, 4.69) is 23.3 Å². The number of unbranched alkanes of at least 4 members (excludes halogenated alkanes) is 2. The Morgan fingerprint density at radius 1 is 1.07 bits per heavy atom. The monoisotopic (exact) mass is 852 g/mol. The highest BCUT2D eigenvalue weighted by atomic mass is 32.2. The molecule has 0 bridgehead atoms. The van der Waals surface area contributed by atoms with Crippen molar-refractivity contribution < 1.29 is 52.0 Å². The molecule has 328 valence electrons. The maximum Gasteiger partial charge on any atom is 0.412 e. The highest BCUT2D eigenvalue weighted by molar-refractivity contribution is 7.89. The first-order valence-corrected chi connectivity index (χ1v) is 22.6. The Bertz CT molecular complexity index is 1980. The van der Waals surface area contributed by atoms with Gasteiger partial charge in [0.15, 0.2) is 0 Å². The number of hydrogen-bond acceptors (Lipinski definition) is 12. The van der Waals surface area contributed by atoms with Gasteiger partial charge in [0, 0.05) is 63.7 Å². The fourth-order valence-electron chi connectivity index (χ4n) is 9.22. The normalized spacial score (nSPS) is 26.6. The first-order valence-electron chi connectivity index (χ1n) is 21.1. The van der Waals surface area contributed by atoms with Gasteiger partial charge in [0.1, 0.15) is 11.5 Å². The molecule has 16 heteroatoms. The number of aliphatic hydroxyl groups excluding tert-OH is 2. The second-order valence-electron chi connectivity index (χ2n) is 15.8. The Morgan fingerprint density at radius 3 is 2.48 bits per heavy atom. The van der Waals surface area contributed by atoms with Crippen LogP contribution in [0.2, 0.25) is 0 Å². The zero-order valence-electron chi connectivity index (χ0n) is 34.8. The summed E-state index contributed by atoms with van der Waals surface area (Å²) in [6.45, 7) is 8.15. The van der Waals surface area contributed by atoms with Gasteiger partial charge in [0.2, 0.25) is 28.0 Å². The van der Waals surface area contributed by atoms with Crippen molar-refractivity contribution in [1.29, 1.82) is 0 Å². The lowest BCUT2D eigenvalue weighted by atomic mass is 9.55. The maximum atomic E-state index is 14.8. The minimum atomic E-state index is -4.26. The summed E-state index contributed by atoms with van der Waals surface area (Å²) >= 11 is 0. The van der Waals surface area contributed by atoms with E-state index in [0.717, 1.165) is 36.8 Å². The molecule has 7 unspecified atom stereocenters. The number of oxime groups is 1. The molecule has 1 saturated heterocycles. The number of sulfonamides is 1. The average Bonchev–Trinajstić information content (AvgIpc) is 3.23. The number of benzene rings is 2. The Morgan fingerprint density at radius 2 is 1.82 bits per heavy atom. The number of carbonyl (C=O) groups is 2. The van der Waals surface area contributed by atoms with Crippen LogP contribution < -0.4 is 20.1 Å². The molecule has 2 fully saturated rings. The Balaban J connectivity index is 1.57. The number of allylic oxidation sites excluding steroid dienone is 1. The third-order valence-corrected chi connectivity index (χ3v) is 13.8. The first kappa shape index (κ1) is 45.2. The van der Waals surface area contributed by atoms with Gasteiger partial charge in [0.05, 0.1) is 35.8 Å². The van der Waals surface area contributed by atoms with Crippen LogP contribution in [0.3, 0.4) is 0 Å². The van der Waals surface area contributed by atoms with Crippen LogP contribution in [-0.2, 0) is 29.1 Å². The van der Waals surface area contributed by atoms with Crippen molar-refractivity contribution >= 4 is 33.4 Å². The molecule has 1 saturated carbocycles. The molecule has 0 spiro atoms. The molecule has 2 heterocycles. The zero-order chi connectivity index (χ0) is 42.9. The lowest BCUT2D eigenvalue weighted by Crippen LogP contribution is -2.69. The average molecular weight is 853 g/mol. The Kier molecular flexibility index (Phi) is 15.4. The number of amides is 2. The van der Waals surface area contributed by atoms with Gasteiger partial charge in [-0.3, -0.25) is 4.79 Å². The van der Waals surface area contributed by atoms with Crippen LogP contribution in [-0.4, -0.2) is 98.8 Å². The van der Waals surface area contributed by atoms with Gasteiger partial charge in [-0.15, -0.1) is 6.58 Å². The molecule has 6 rings (SSSR count). The third kappa shape index (κ3) is 9.90. The number of anilines is 1. The molecule has 2 aromatic carbocycles. The molecule has 4 N–H and O–H groups in total. The van der Waals surface area contributed by atoms with Crippen LogP contribution in [0.4, 0.5) is 10.5 Å². The van der Waals surface area contributed by atoms with Gasteiger partial charge in [-0.2, -0.15) is 4.31 Å². The van der Waals surface area contributed by atoms with E-state index < -0.39 is 40.2 Å². The first-order chi connectivity index (χ1) is 29.0. The van der Waals surface area contributed by atoms with E-state index in [9.17, 15) is 28.2 Å². The number of nitrogens with one attached hydrogen (secondary N) is 2. The standard InChI is InChI=1S/C44H60N4O11S/c1-5-24-56-44-39(48(4)60(53,54)33-19-16-31(17-20-33)46-29(3)51)28-37(47-59-40-15-9-12-25-55-40)35-26-30(13-7-10-22-49)34(14-8-11-23-50)41(42(35)44)36-27-32(18-21-38(36)58-44)57-43(52)45-6-2/h5,16-21,26-27,30,34,39-42,49-50H,1,6-15,22-25,28H2,2-4H3,(H,45,52)(H,46,51). The van der Waals surface area contributed by atoms with Crippen molar-refractivity contribution in [3.8, 4) is 11.5 Å². The number of likely N-dealkylation sites (N-methyl/N-ethyl adjacent to an activating group) is 1. The van der Waals surface area contributed by atoms with Gasteiger partial charge in [0.25, 0.3) is 0 Å². The maximum absolute atomic E-state index is 14.8. The molecule has 2 aromatic rings. The van der Waals surface area contributed by atoms with E-state index in [0.29, 0.717) is 68.2 Å². The smallest absolute Gasteiger partial charge is 0.412 e. The second-order valence-corrected chi connectivity index (χ2v) is 17.8. The topological polar surface area (TPSA) is 195 Å². The number of nitrogens with zero attached hydrogens (tertiary/aromatic N) is 2. The molecule has 2 aliphatic carbocycles. The minimum absolute atomic E-state index is 0.000895. The van der Waals surface area contributed by atoms with Crippen molar-refractivity contribution in [1.82, 2.24) is 9.62 Å². The van der Waals surface area contributed by atoms with Crippen LogP contribution in [0.15, 0.2) is 76.8 Å². The summed E-state index contributed by atoms with van der Waals surface area (Å²) in [5, 5.41) is 29.9. The number of ether oxygens (including phenoxy) is 4. The number of rotatable bonds is 19. The zero-order valence-corrected chi connectivity index (χ0v) is 35.7. The SMILES string of the molecule is C=CCOC12Oc3ccc(OC(=O)NCC)cc3C3C(CCCCO)C(CCCCO)C=C(C(=NOC4CCCCO4)CC1N(C)S(=O)(=O)c1ccc(NC(C)=O)cc1)C32. The molecule has 2 amide bonds. The summed E-state index contributed by atoms with van der Waals surface area (Å²) < 4.78 is 56.6. The van der Waals surface area contributed by atoms with Crippen molar-refractivity contribution in [3.63, 3.8) is 0 Å². The predicted octanol–water partition coefficient (Wildman–Crippen LogP) is 6.23. The van der Waals surface area contributed by atoms with Crippen LogP contribution in [0.5, 0.6) is 11.5 Å². The molecule has 60 heavy (non-hydrogen) atoms. The van der Waals surface area contributed by atoms with Gasteiger partial charge in [-0.25, -0.2) is 13.2 Å². The molecule has 7 atom stereocenters. The molecule has 0 aromatic heterocycles. The molecule has 4 aliphatic rings. The summed E-state index contributed by atoms with van der Waals surface area (Å²) in [4.78, 5) is 30.6. The Hall–Kier alpha value is -4.32. The fraction of sp³-hybridized carbons (Fsp3) is 0.568. The molecular weight excluding hydrogens is 793 g/mol. The summed E-state index contributed by atoms with van der Waals surface area (Å²) in [6.07, 6.45) is 9.30. The molecule has 0 radical (unpaired) electrons. The van der Waals surface area contributed by atoms with Crippen LogP contribution in [0, 0.1) is 17.8 Å². The Labute approximate surface area is 353 Å². The number of hydrogen-bond donors (Lipinski definition) is 4. The highest BCUT2D eigenvalue weighted by Gasteiger charge is 2.65. The van der Waals surface area contributed by atoms with Gasteiger partial charge in [-0.1, -0.05) is 30.1 Å². The van der Waals surface area contributed by atoms with Crippen molar-refractivity contribution in [2.24, 2.45) is 22.9 Å². The van der Waals surface area contributed by atoms with Crippen molar-refractivity contribution in [2.45, 2.75) is 107 Å². The van der Waals surface area contributed by atoms with Crippen LogP contribution >= 0.6 is 0 Å². The van der Waals surface area contributed by atoms with Crippen LogP contribution in [0.1, 0.15) is 89.5 Å². The van der Waals surface area contributed by atoms with E-state index in [1.165, 1.54) is 42.5 Å². The number of fused-ring (bicyclic) bond motifs is 2. The summed E-state index contributed by atoms with van der Waals surface area (Å²) in [7, 11) is -2.75. The van der Waals surface area contributed by atoms with Gasteiger partial charge < -0.3 is 44.6 Å². The fourth-order valence-corrected chi connectivity index (χ4v) is 10.6. The van der Waals surface area contributed by atoms with Gasteiger partial charge >= 0.3 is 6.09 Å². The van der Waals surface area contributed by atoms with Crippen molar-refractivity contribution in [2.75, 3.05) is 45.3 Å². The summed E-state index contributed by atoms with van der Waals surface area (Å²) in [6, 6.07) is 10.2. The second kappa shape index (κ2) is 20.5. The summed E-state index contributed by atoms with van der Waals surface area (Å²) in [5.74, 6) is -2.31. The third-order valence-electron chi connectivity index (χ3n) is 11.9. The largest absolute Gasteiger partial charge is 0.460 e. The summed E-state index contributed by atoms with van der Waals surface area (Å²) in [5.41, 5.74) is 2.55. The minimum Gasteiger partial charge on any atom is -0.460 e. The van der Waals surface area contributed by atoms with Crippen LogP contribution in [0.25, 0.3) is 0 Å². The molecular formula is C44H60N4O11S. The number of carbonyl (C=O) groups excluding carboxylic acids is 2.